The van der Waals surface area contributed by atoms with Crippen LogP contribution in [0.5, 0.6) is 0 Å². The van der Waals surface area contributed by atoms with E-state index < -0.39 is 0 Å². The highest BCUT2D eigenvalue weighted by atomic mass is 16.5. The Morgan fingerprint density at radius 2 is 2.27 bits per heavy atom. The molecule has 2 aromatic heterocycles. The van der Waals surface area contributed by atoms with Gasteiger partial charge < -0.3 is 14.8 Å². The average Bonchev–Trinajstić information content (AvgIpc) is 3.10. The topological polar surface area (TPSA) is 70.9 Å². The van der Waals surface area contributed by atoms with Crippen molar-refractivity contribution in [3.8, 4) is 0 Å². The number of nitrogens with one attached hydrogen (secondary N) is 2. The van der Waals surface area contributed by atoms with Gasteiger partial charge in [-0.05, 0) is 31.4 Å². The van der Waals surface area contributed by atoms with E-state index in [1.165, 1.54) is 22.2 Å². The summed E-state index contributed by atoms with van der Waals surface area (Å²) in [5, 5.41) is 8.12. The SMILES string of the molecule is Cc1cc(C(=O)NC2CCc3c([nH]c4ccccc34)C2)no1. The van der Waals surface area contributed by atoms with Crippen LogP contribution in [0.25, 0.3) is 10.9 Å². The van der Waals surface area contributed by atoms with E-state index in [0.29, 0.717) is 11.5 Å². The number of fused-ring (bicyclic) bond motifs is 3. The Morgan fingerprint density at radius 3 is 3.09 bits per heavy atom. The number of nitrogens with zero attached hydrogens (tertiary/aromatic N) is 1. The van der Waals surface area contributed by atoms with Crippen LogP contribution in [0, 0.1) is 6.92 Å². The number of benzene rings is 1. The van der Waals surface area contributed by atoms with Crippen molar-refractivity contribution in [1.82, 2.24) is 15.5 Å². The van der Waals surface area contributed by atoms with Gasteiger partial charge >= 0.3 is 0 Å². The Bertz CT molecular complexity index is 847. The van der Waals surface area contributed by atoms with Crippen LogP contribution in [0.3, 0.4) is 0 Å². The predicted molar refractivity (Wildman–Crippen MR) is 82.8 cm³/mol. The highest BCUT2D eigenvalue weighted by Crippen LogP contribution is 2.29. The molecule has 1 amide bonds. The summed E-state index contributed by atoms with van der Waals surface area (Å²) in [5.74, 6) is 0.480. The van der Waals surface area contributed by atoms with Gasteiger partial charge in [-0.25, -0.2) is 0 Å². The van der Waals surface area contributed by atoms with E-state index in [-0.39, 0.29) is 11.9 Å². The summed E-state index contributed by atoms with van der Waals surface area (Å²) >= 11 is 0. The van der Waals surface area contributed by atoms with Crippen LogP contribution in [0.2, 0.25) is 0 Å². The molecular formula is C17H17N3O2. The maximum absolute atomic E-state index is 12.2. The number of hydrogen-bond donors (Lipinski definition) is 2. The van der Waals surface area contributed by atoms with Crippen LogP contribution in [-0.2, 0) is 12.8 Å². The maximum atomic E-state index is 12.2. The molecule has 0 radical (unpaired) electrons. The van der Waals surface area contributed by atoms with Crippen LogP contribution < -0.4 is 5.32 Å². The third kappa shape index (κ3) is 2.19. The molecule has 1 aliphatic carbocycles. The van der Waals surface area contributed by atoms with Crippen LogP contribution in [-0.4, -0.2) is 22.1 Å². The van der Waals surface area contributed by atoms with Gasteiger partial charge in [0.05, 0.1) is 0 Å². The van der Waals surface area contributed by atoms with Crippen LogP contribution in [0.15, 0.2) is 34.9 Å². The molecule has 22 heavy (non-hydrogen) atoms. The van der Waals surface area contributed by atoms with E-state index in [1.54, 1.807) is 13.0 Å². The van der Waals surface area contributed by atoms with Crippen molar-refractivity contribution < 1.29 is 9.32 Å². The van der Waals surface area contributed by atoms with Gasteiger partial charge in [-0.2, -0.15) is 0 Å². The summed E-state index contributed by atoms with van der Waals surface area (Å²) in [4.78, 5) is 15.6. The smallest absolute Gasteiger partial charge is 0.273 e. The zero-order chi connectivity index (χ0) is 15.1. The van der Waals surface area contributed by atoms with Crippen molar-refractivity contribution in [3.05, 3.63) is 53.0 Å². The summed E-state index contributed by atoms with van der Waals surface area (Å²) < 4.78 is 4.95. The Kier molecular flexibility index (Phi) is 2.99. The first kappa shape index (κ1) is 13.1. The molecule has 1 unspecified atom stereocenters. The minimum absolute atomic E-state index is 0.130. The second kappa shape index (κ2) is 5.02. The highest BCUT2D eigenvalue weighted by molar-refractivity contribution is 5.92. The summed E-state index contributed by atoms with van der Waals surface area (Å²) in [6, 6.07) is 10.1. The monoisotopic (exact) mass is 295 g/mol. The lowest BCUT2D eigenvalue weighted by Gasteiger charge is -2.23. The quantitative estimate of drug-likeness (QED) is 0.763. The number of H-pyrrole nitrogens is 1. The van der Waals surface area contributed by atoms with Crippen molar-refractivity contribution in [1.29, 1.82) is 0 Å². The lowest BCUT2D eigenvalue weighted by Crippen LogP contribution is -2.39. The maximum Gasteiger partial charge on any atom is 0.273 e. The van der Waals surface area contributed by atoms with Gasteiger partial charge in [0.25, 0.3) is 5.91 Å². The number of carbonyl (C=O) groups is 1. The molecule has 0 saturated carbocycles. The molecule has 0 spiro atoms. The molecule has 0 fully saturated rings. The van der Waals surface area contributed by atoms with E-state index in [2.05, 4.69) is 33.7 Å². The molecule has 5 heteroatoms. The molecule has 1 aliphatic rings. The number of para-hydroxylation sites is 1. The number of aryl methyl sites for hydroxylation is 2. The summed E-state index contributed by atoms with van der Waals surface area (Å²) in [7, 11) is 0. The van der Waals surface area contributed by atoms with Gasteiger partial charge in [-0.15, -0.1) is 0 Å². The van der Waals surface area contributed by atoms with Gasteiger partial charge in [0, 0.05) is 35.1 Å². The summed E-state index contributed by atoms with van der Waals surface area (Å²) in [5.41, 5.74) is 4.14. The second-order valence-electron chi connectivity index (χ2n) is 5.86. The van der Waals surface area contributed by atoms with Crippen LogP contribution in [0.4, 0.5) is 0 Å². The first-order valence-electron chi connectivity index (χ1n) is 7.53. The minimum atomic E-state index is -0.165. The third-order valence-corrected chi connectivity index (χ3v) is 4.29. The number of carbonyl (C=O) groups excluding carboxylic acids is 1. The largest absolute Gasteiger partial charge is 0.361 e. The molecule has 1 atom stereocenters. The molecule has 2 heterocycles. The van der Waals surface area contributed by atoms with Crippen LogP contribution >= 0.6 is 0 Å². The number of rotatable bonds is 2. The predicted octanol–water partition coefficient (Wildman–Crippen LogP) is 2.75. The van der Waals surface area contributed by atoms with Crippen molar-refractivity contribution in [2.75, 3.05) is 0 Å². The van der Waals surface area contributed by atoms with Crippen molar-refractivity contribution in [2.45, 2.75) is 32.2 Å². The van der Waals surface area contributed by atoms with Gasteiger partial charge in [0.1, 0.15) is 5.76 Å². The third-order valence-electron chi connectivity index (χ3n) is 4.29. The number of amides is 1. The standard InChI is InChI=1S/C17H17N3O2/c1-10-8-16(20-22-10)17(21)18-11-6-7-13-12-4-2-3-5-14(12)19-15(13)9-11/h2-5,8,11,19H,6-7,9H2,1H3,(H,18,21). The molecule has 5 nitrogen and oxygen atoms in total. The lowest BCUT2D eigenvalue weighted by molar-refractivity contribution is 0.0924. The van der Waals surface area contributed by atoms with Crippen molar-refractivity contribution in [2.24, 2.45) is 0 Å². The Balaban J connectivity index is 1.53. The Hall–Kier alpha value is -2.56. The van der Waals surface area contributed by atoms with E-state index in [4.69, 9.17) is 4.52 Å². The van der Waals surface area contributed by atoms with Gasteiger partial charge in [0.15, 0.2) is 5.69 Å². The highest BCUT2D eigenvalue weighted by Gasteiger charge is 2.24. The zero-order valence-electron chi connectivity index (χ0n) is 12.3. The molecular weight excluding hydrogens is 278 g/mol. The van der Waals surface area contributed by atoms with E-state index >= 15 is 0 Å². The minimum Gasteiger partial charge on any atom is -0.361 e. The lowest BCUT2D eigenvalue weighted by atomic mass is 9.91. The molecule has 3 aromatic rings. The van der Waals surface area contributed by atoms with Crippen molar-refractivity contribution >= 4 is 16.8 Å². The van der Waals surface area contributed by atoms with Gasteiger partial charge in [-0.1, -0.05) is 23.4 Å². The summed E-state index contributed by atoms with van der Waals surface area (Å²) in [6.45, 7) is 1.78. The van der Waals surface area contributed by atoms with E-state index in [0.717, 1.165) is 19.3 Å². The Labute approximate surface area is 127 Å². The fourth-order valence-corrected chi connectivity index (χ4v) is 3.24. The first-order valence-corrected chi connectivity index (χ1v) is 7.53. The number of aromatic amines is 1. The molecule has 112 valence electrons. The molecule has 0 saturated heterocycles. The number of aromatic nitrogens is 2. The first-order chi connectivity index (χ1) is 10.7. The fourth-order valence-electron chi connectivity index (χ4n) is 3.24. The fraction of sp³-hybridized carbons (Fsp3) is 0.294. The summed E-state index contributed by atoms with van der Waals surface area (Å²) in [6.07, 6.45) is 2.74. The van der Waals surface area contributed by atoms with Crippen LogP contribution in [0.1, 0.15) is 33.9 Å². The molecule has 0 aliphatic heterocycles. The molecule has 0 bridgehead atoms. The van der Waals surface area contributed by atoms with E-state index in [9.17, 15) is 4.79 Å². The molecule has 4 rings (SSSR count). The average molecular weight is 295 g/mol. The number of hydrogen-bond acceptors (Lipinski definition) is 3. The zero-order valence-corrected chi connectivity index (χ0v) is 12.3. The van der Waals surface area contributed by atoms with Gasteiger partial charge in [-0.3, -0.25) is 4.79 Å². The second-order valence-corrected chi connectivity index (χ2v) is 5.86. The molecule has 1 aromatic carbocycles. The van der Waals surface area contributed by atoms with E-state index in [1.807, 2.05) is 6.07 Å². The normalized spacial score (nSPS) is 17.4. The van der Waals surface area contributed by atoms with Gasteiger partial charge in [0.2, 0.25) is 0 Å². The molecule has 2 N–H and O–H groups in total. The van der Waals surface area contributed by atoms with Crippen molar-refractivity contribution in [3.63, 3.8) is 0 Å². The Morgan fingerprint density at radius 1 is 1.41 bits per heavy atom.